The van der Waals surface area contributed by atoms with Crippen molar-refractivity contribution in [3.8, 4) is 5.69 Å². The highest BCUT2D eigenvalue weighted by atomic mass is 79.9. The van der Waals surface area contributed by atoms with Crippen molar-refractivity contribution >= 4 is 37.8 Å². The zero-order valence-corrected chi connectivity index (χ0v) is 14.4. The molecule has 1 heterocycles. The van der Waals surface area contributed by atoms with Crippen LogP contribution in [-0.2, 0) is 0 Å². The van der Waals surface area contributed by atoms with Crippen LogP contribution in [0.25, 0.3) is 5.69 Å². The van der Waals surface area contributed by atoms with Crippen LogP contribution in [0.15, 0.2) is 21.1 Å². The van der Waals surface area contributed by atoms with Gasteiger partial charge in [-0.05, 0) is 56.5 Å². The first-order valence-corrected chi connectivity index (χ1v) is 7.56. The van der Waals surface area contributed by atoms with E-state index in [9.17, 15) is 4.79 Å². The average molecular weight is 403 g/mol. The molecule has 106 valence electrons. The quantitative estimate of drug-likeness (QED) is 0.844. The number of hydrogen-bond donors (Lipinski definition) is 1. The van der Waals surface area contributed by atoms with Gasteiger partial charge in [-0.1, -0.05) is 13.8 Å². The third-order valence-corrected chi connectivity index (χ3v) is 3.92. The van der Waals surface area contributed by atoms with E-state index in [1.54, 1.807) is 4.68 Å². The topological polar surface area (TPSA) is 68.0 Å². The fraction of sp³-hybridized carbons (Fsp3) is 0.308. The predicted octanol–water partition coefficient (Wildman–Crippen LogP) is 3.92. The summed E-state index contributed by atoms with van der Waals surface area (Å²) in [5.41, 5.74) is 1.83. The maximum Gasteiger partial charge on any atom is 0.375 e. The molecule has 0 spiro atoms. The molecule has 0 bridgehead atoms. The normalized spacial score (nSPS) is 11.1. The van der Waals surface area contributed by atoms with Gasteiger partial charge in [0.15, 0.2) is 0 Å². The van der Waals surface area contributed by atoms with Crippen LogP contribution in [0.2, 0.25) is 0 Å². The number of nitrogens with zero attached hydrogens (tertiary/aromatic N) is 3. The van der Waals surface area contributed by atoms with E-state index >= 15 is 0 Å². The number of aromatic carboxylic acids is 1. The van der Waals surface area contributed by atoms with Crippen molar-refractivity contribution in [2.24, 2.45) is 0 Å². The summed E-state index contributed by atoms with van der Waals surface area (Å²) in [7, 11) is 0. The number of halogens is 2. The molecular weight excluding hydrogens is 390 g/mol. The number of benzene rings is 1. The van der Waals surface area contributed by atoms with Crippen LogP contribution >= 0.6 is 31.9 Å². The summed E-state index contributed by atoms with van der Waals surface area (Å²) in [6, 6.07) is 3.90. The van der Waals surface area contributed by atoms with Crippen molar-refractivity contribution in [1.82, 2.24) is 14.8 Å². The van der Waals surface area contributed by atoms with Crippen molar-refractivity contribution in [2.45, 2.75) is 26.7 Å². The molecule has 0 unspecified atom stereocenters. The molecule has 0 atom stereocenters. The van der Waals surface area contributed by atoms with Crippen LogP contribution in [0, 0.1) is 6.92 Å². The van der Waals surface area contributed by atoms with Gasteiger partial charge in [-0.25, -0.2) is 14.5 Å². The smallest absolute Gasteiger partial charge is 0.375 e. The number of aryl methyl sites for hydroxylation is 1. The summed E-state index contributed by atoms with van der Waals surface area (Å²) >= 11 is 7.00. The van der Waals surface area contributed by atoms with Gasteiger partial charge in [0.05, 0.1) is 5.69 Å². The molecular formula is C13H13Br2N3O2. The largest absolute Gasteiger partial charge is 0.475 e. The van der Waals surface area contributed by atoms with E-state index in [1.165, 1.54) is 0 Å². The Kier molecular flexibility index (Phi) is 4.29. The molecule has 0 radical (unpaired) electrons. The molecule has 0 saturated carbocycles. The van der Waals surface area contributed by atoms with Crippen molar-refractivity contribution in [1.29, 1.82) is 0 Å². The van der Waals surface area contributed by atoms with Crippen LogP contribution in [0.5, 0.6) is 0 Å². The Balaban J connectivity index is 2.72. The molecule has 0 saturated heterocycles. The Morgan fingerprint density at radius 2 is 1.85 bits per heavy atom. The van der Waals surface area contributed by atoms with Gasteiger partial charge in [0.1, 0.15) is 5.82 Å². The van der Waals surface area contributed by atoms with Crippen molar-refractivity contribution in [3.05, 3.63) is 38.3 Å². The second-order valence-corrected chi connectivity index (χ2v) is 6.45. The van der Waals surface area contributed by atoms with E-state index in [4.69, 9.17) is 5.11 Å². The fourth-order valence-corrected chi connectivity index (χ4v) is 3.60. The fourth-order valence-electron chi connectivity index (χ4n) is 1.85. The van der Waals surface area contributed by atoms with Crippen LogP contribution in [0.3, 0.4) is 0 Å². The molecule has 7 heteroatoms. The summed E-state index contributed by atoms with van der Waals surface area (Å²) < 4.78 is 3.23. The van der Waals surface area contributed by atoms with Crippen LogP contribution in [-0.4, -0.2) is 25.8 Å². The minimum absolute atomic E-state index is 0.0516. The lowest BCUT2D eigenvalue weighted by molar-refractivity contribution is 0.0683. The monoisotopic (exact) mass is 401 g/mol. The molecule has 0 amide bonds. The Morgan fingerprint density at radius 1 is 1.30 bits per heavy atom. The van der Waals surface area contributed by atoms with Crippen molar-refractivity contribution in [3.63, 3.8) is 0 Å². The summed E-state index contributed by atoms with van der Waals surface area (Å²) in [6.45, 7) is 5.87. The molecule has 0 aliphatic heterocycles. The highest BCUT2D eigenvalue weighted by molar-refractivity contribution is 9.11. The average Bonchev–Trinajstić information content (AvgIpc) is 2.72. The van der Waals surface area contributed by atoms with Gasteiger partial charge in [-0.2, -0.15) is 0 Å². The van der Waals surface area contributed by atoms with Crippen molar-refractivity contribution < 1.29 is 9.90 Å². The van der Waals surface area contributed by atoms with Gasteiger partial charge < -0.3 is 5.11 Å². The lowest BCUT2D eigenvalue weighted by Crippen LogP contribution is -2.07. The lowest BCUT2D eigenvalue weighted by atomic mass is 10.2. The summed E-state index contributed by atoms with van der Waals surface area (Å²) in [4.78, 5) is 15.2. The second kappa shape index (κ2) is 5.65. The molecule has 1 aromatic heterocycles. The highest BCUT2D eigenvalue weighted by Crippen LogP contribution is 2.32. The molecule has 1 N–H and O–H groups in total. The summed E-state index contributed by atoms with van der Waals surface area (Å²) in [6.07, 6.45) is 0. The number of hydrogen-bond acceptors (Lipinski definition) is 3. The summed E-state index contributed by atoms with van der Waals surface area (Å²) in [5.74, 6) is -0.679. The van der Waals surface area contributed by atoms with Gasteiger partial charge in [-0.15, -0.1) is 5.10 Å². The van der Waals surface area contributed by atoms with E-state index in [0.717, 1.165) is 20.2 Å². The number of rotatable bonds is 3. The first-order valence-electron chi connectivity index (χ1n) is 5.97. The standard InChI is InChI=1S/C13H13Br2N3O2/c1-6(2)12-16-11(13(19)20)17-18(12)10-8(14)4-7(3)5-9(10)15/h4-6H,1-3H3,(H,19,20). The maximum absolute atomic E-state index is 11.1. The first kappa shape index (κ1) is 15.2. The van der Waals surface area contributed by atoms with E-state index in [2.05, 4.69) is 41.9 Å². The Hall–Kier alpha value is -1.21. The first-order chi connectivity index (χ1) is 9.31. The number of carboxylic acids is 1. The van der Waals surface area contributed by atoms with E-state index in [0.29, 0.717) is 5.82 Å². The molecule has 5 nitrogen and oxygen atoms in total. The minimum Gasteiger partial charge on any atom is -0.475 e. The van der Waals surface area contributed by atoms with Gasteiger partial charge >= 0.3 is 5.97 Å². The van der Waals surface area contributed by atoms with Gasteiger partial charge in [0.25, 0.3) is 5.82 Å². The Bertz CT molecular complexity index is 657. The van der Waals surface area contributed by atoms with Gasteiger partial charge in [-0.3, -0.25) is 0 Å². The van der Waals surface area contributed by atoms with Crippen LogP contribution < -0.4 is 0 Å². The Morgan fingerprint density at radius 3 is 2.30 bits per heavy atom. The number of aromatic nitrogens is 3. The molecule has 2 rings (SSSR count). The summed E-state index contributed by atoms with van der Waals surface area (Å²) in [5, 5.41) is 13.2. The van der Waals surface area contributed by atoms with Gasteiger partial charge in [0.2, 0.25) is 0 Å². The van der Waals surface area contributed by atoms with E-state index in [-0.39, 0.29) is 11.7 Å². The maximum atomic E-state index is 11.1. The molecule has 2 aromatic rings. The lowest BCUT2D eigenvalue weighted by Gasteiger charge is -2.12. The molecule has 1 aromatic carbocycles. The third kappa shape index (κ3) is 2.78. The SMILES string of the molecule is Cc1cc(Br)c(-n2nc(C(=O)O)nc2C(C)C)c(Br)c1. The zero-order chi connectivity index (χ0) is 15.0. The molecule has 0 aliphatic carbocycles. The third-order valence-electron chi connectivity index (χ3n) is 2.71. The molecule has 20 heavy (non-hydrogen) atoms. The number of carbonyl (C=O) groups is 1. The Labute approximate surface area is 133 Å². The van der Waals surface area contributed by atoms with Crippen LogP contribution in [0.4, 0.5) is 0 Å². The molecule has 0 aliphatic rings. The van der Waals surface area contributed by atoms with E-state index < -0.39 is 5.97 Å². The zero-order valence-electron chi connectivity index (χ0n) is 11.2. The van der Waals surface area contributed by atoms with Crippen LogP contribution in [0.1, 0.15) is 41.8 Å². The van der Waals surface area contributed by atoms with Crippen molar-refractivity contribution in [2.75, 3.05) is 0 Å². The second-order valence-electron chi connectivity index (χ2n) is 4.74. The van der Waals surface area contributed by atoms with Gasteiger partial charge in [0, 0.05) is 14.9 Å². The van der Waals surface area contributed by atoms with E-state index in [1.807, 2.05) is 32.9 Å². The highest BCUT2D eigenvalue weighted by Gasteiger charge is 2.21. The minimum atomic E-state index is -1.13. The number of carboxylic acid groups (broad SMARTS) is 1. The molecule has 0 fully saturated rings. The predicted molar refractivity (Wildman–Crippen MR) is 82.5 cm³/mol.